The quantitative estimate of drug-likeness (QED) is 0.603. The zero-order valence-electron chi connectivity index (χ0n) is 6.33. The van der Waals surface area contributed by atoms with Crippen molar-refractivity contribution in [2.24, 2.45) is 0 Å². The summed E-state index contributed by atoms with van der Waals surface area (Å²) in [5.74, 6) is 2.21. The topological polar surface area (TPSA) is 56.2 Å². The SMILES string of the molecule is Oc1[nH]c(O)c2c1SCCCS2. The maximum atomic E-state index is 9.35. The number of fused-ring (bicyclic) bond motifs is 1. The van der Waals surface area contributed by atoms with Gasteiger partial charge in [0, 0.05) is 0 Å². The van der Waals surface area contributed by atoms with Crippen molar-refractivity contribution >= 4 is 23.5 Å². The number of rotatable bonds is 0. The molecule has 0 aromatic carbocycles. The van der Waals surface area contributed by atoms with E-state index >= 15 is 0 Å². The van der Waals surface area contributed by atoms with Gasteiger partial charge in [-0.3, -0.25) is 4.98 Å². The molecule has 0 saturated carbocycles. The zero-order valence-corrected chi connectivity index (χ0v) is 7.97. The molecule has 5 heteroatoms. The van der Waals surface area contributed by atoms with Crippen molar-refractivity contribution in [2.45, 2.75) is 16.2 Å². The first kappa shape index (κ1) is 8.19. The van der Waals surface area contributed by atoms with Crippen molar-refractivity contribution < 1.29 is 10.2 Å². The van der Waals surface area contributed by atoms with Crippen LogP contribution in [0, 0.1) is 0 Å². The van der Waals surface area contributed by atoms with Crippen LogP contribution in [0.4, 0.5) is 0 Å². The van der Waals surface area contributed by atoms with Crippen LogP contribution in [0.2, 0.25) is 0 Å². The van der Waals surface area contributed by atoms with E-state index in [2.05, 4.69) is 4.98 Å². The molecule has 3 nitrogen and oxygen atoms in total. The maximum Gasteiger partial charge on any atom is 0.206 e. The molecule has 0 unspecified atom stereocenters. The van der Waals surface area contributed by atoms with Crippen molar-refractivity contribution in [2.75, 3.05) is 11.5 Å². The Bertz CT molecular complexity index is 271. The summed E-state index contributed by atoms with van der Waals surface area (Å²) in [4.78, 5) is 4.12. The molecule has 1 aliphatic rings. The second-order valence-corrected chi connectivity index (χ2v) is 4.74. The van der Waals surface area contributed by atoms with Crippen molar-refractivity contribution in [3.05, 3.63) is 0 Å². The minimum absolute atomic E-state index is 0.0990. The molecule has 0 saturated heterocycles. The molecule has 0 radical (unpaired) electrons. The molecule has 0 fully saturated rings. The number of nitrogens with one attached hydrogen (secondary N) is 1. The van der Waals surface area contributed by atoms with E-state index < -0.39 is 0 Å². The minimum Gasteiger partial charge on any atom is -0.494 e. The molecule has 0 amide bonds. The van der Waals surface area contributed by atoms with Crippen molar-refractivity contribution in [3.63, 3.8) is 0 Å². The third-order valence-electron chi connectivity index (χ3n) is 1.65. The minimum atomic E-state index is 0.0990. The average molecular weight is 203 g/mol. The third-order valence-corrected chi connectivity index (χ3v) is 4.14. The fourth-order valence-corrected chi connectivity index (χ4v) is 3.47. The van der Waals surface area contributed by atoms with Crippen LogP contribution >= 0.6 is 23.5 Å². The van der Waals surface area contributed by atoms with E-state index in [1.807, 2.05) is 0 Å². The Labute approximate surface area is 78.6 Å². The summed E-state index contributed by atoms with van der Waals surface area (Å²) in [6.45, 7) is 0. The summed E-state index contributed by atoms with van der Waals surface area (Å²) in [6.07, 6.45) is 1.11. The summed E-state index contributed by atoms with van der Waals surface area (Å²) >= 11 is 3.19. The van der Waals surface area contributed by atoms with Crippen LogP contribution in [0.5, 0.6) is 11.8 Å². The Morgan fingerprint density at radius 1 is 1.00 bits per heavy atom. The van der Waals surface area contributed by atoms with E-state index in [9.17, 15) is 10.2 Å². The number of aromatic hydroxyl groups is 2. The third kappa shape index (κ3) is 1.27. The van der Waals surface area contributed by atoms with Gasteiger partial charge in [0.2, 0.25) is 11.8 Å². The summed E-state index contributed by atoms with van der Waals surface area (Å²) < 4.78 is 0. The van der Waals surface area contributed by atoms with Gasteiger partial charge in [-0.15, -0.1) is 23.5 Å². The second kappa shape index (κ2) is 3.14. The lowest BCUT2D eigenvalue weighted by Gasteiger charge is -1.95. The van der Waals surface area contributed by atoms with E-state index in [1.54, 1.807) is 23.5 Å². The van der Waals surface area contributed by atoms with E-state index in [0.717, 1.165) is 27.7 Å². The Hall–Kier alpha value is -0.420. The van der Waals surface area contributed by atoms with Crippen molar-refractivity contribution in [1.29, 1.82) is 0 Å². The predicted molar refractivity (Wildman–Crippen MR) is 50.2 cm³/mol. The number of hydrogen-bond acceptors (Lipinski definition) is 4. The Balaban J connectivity index is 2.44. The van der Waals surface area contributed by atoms with Crippen LogP contribution < -0.4 is 0 Å². The van der Waals surface area contributed by atoms with Crippen molar-refractivity contribution in [3.8, 4) is 11.8 Å². The van der Waals surface area contributed by atoms with Crippen LogP contribution in [0.1, 0.15) is 6.42 Å². The molecule has 2 rings (SSSR count). The highest BCUT2D eigenvalue weighted by atomic mass is 32.2. The molecule has 3 N–H and O–H groups in total. The molecule has 0 bridgehead atoms. The van der Waals surface area contributed by atoms with E-state index in [-0.39, 0.29) is 11.8 Å². The normalized spacial score (nSPS) is 17.0. The highest BCUT2D eigenvalue weighted by molar-refractivity contribution is 8.03. The molecule has 0 aliphatic carbocycles. The molecular weight excluding hydrogens is 194 g/mol. The first-order valence-electron chi connectivity index (χ1n) is 3.68. The number of hydrogen-bond donors (Lipinski definition) is 3. The van der Waals surface area contributed by atoms with Gasteiger partial charge in [-0.2, -0.15) is 0 Å². The monoisotopic (exact) mass is 203 g/mol. The Morgan fingerprint density at radius 2 is 1.50 bits per heavy atom. The maximum absolute atomic E-state index is 9.35. The molecule has 1 aromatic heterocycles. The standard InChI is InChI=1S/C7H9NO2S2/c9-6-4-5(7(10)8-6)12-3-1-2-11-4/h8-10H,1-3H2. The second-order valence-electron chi connectivity index (χ2n) is 2.53. The van der Waals surface area contributed by atoms with Gasteiger partial charge in [-0.25, -0.2) is 0 Å². The summed E-state index contributed by atoms with van der Waals surface area (Å²) in [5.41, 5.74) is 0. The molecule has 0 atom stereocenters. The van der Waals surface area contributed by atoms with E-state index in [1.165, 1.54) is 0 Å². The Morgan fingerprint density at radius 3 is 2.00 bits per heavy atom. The zero-order chi connectivity index (χ0) is 8.55. The van der Waals surface area contributed by atoms with Crippen molar-refractivity contribution in [1.82, 2.24) is 4.98 Å². The largest absolute Gasteiger partial charge is 0.494 e. The lowest BCUT2D eigenvalue weighted by molar-refractivity contribution is 0.419. The van der Waals surface area contributed by atoms with Gasteiger partial charge in [-0.05, 0) is 17.9 Å². The molecule has 66 valence electrons. The molecule has 1 aliphatic heterocycles. The van der Waals surface area contributed by atoms with Gasteiger partial charge < -0.3 is 10.2 Å². The highest BCUT2D eigenvalue weighted by Crippen LogP contribution is 2.45. The number of aromatic amines is 1. The van der Waals surface area contributed by atoms with Gasteiger partial charge in [-0.1, -0.05) is 0 Å². The fraction of sp³-hybridized carbons (Fsp3) is 0.429. The summed E-state index contributed by atoms with van der Waals surface area (Å²) in [5, 5.41) is 18.7. The van der Waals surface area contributed by atoms with Gasteiger partial charge in [0.1, 0.15) is 0 Å². The molecule has 1 aromatic rings. The predicted octanol–water partition coefficient (Wildman–Crippen LogP) is 2.01. The number of thioether (sulfide) groups is 2. The van der Waals surface area contributed by atoms with E-state index in [0.29, 0.717) is 0 Å². The first-order valence-corrected chi connectivity index (χ1v) is 5.65. The highest BCUT2D eigenvalue weighted by Gasteiger charge is 2.19. The van der Waals surface area contributed by atoms with Crippen LogP contribution in [-0.2, 0) is 0 Å². The van der Waals surface area contributed by atoms with Crippen LogP contribution in [0.25, 0.3) is 0 Å². The van der Waals surface area contributed by atoms with Crippen LogP contribution in [-0.4, -0.2) is 26.7 Å². The lowest BCUT2D eigenvalue weighted by atomic mass is 10.6. The Kier molecular flexibility index (Phi) is 2.14. The number of aromatic nitrogens is 1. The summed E-state index contributed by atoms with van der Waals surface area (Å²) in [7, 11) is 0. The lowest BCUT2D eigenvalue weighted by Crippen LogP contribution is -1.77. The number of H-pyrrole nitrogens is 1. The average Bonchev–Trinajstić information content (AvgIpc) is 2.29. The smallest absolute Gasteiger partial charge is 0.206 e. The molecule has 12 heavy (non-hydrogen) atoms. The molecule has 2 heterocycles. The van der Waals surface area contributed by atoms with Gasteiger partial charge >= 0.3 is 0 Å². The summed E-state index contributed by atoms with van der Waals surface area (Å²) in [6, 6.07) is 0. The van der Waals surface area contributed by atoms with Crippen LogP contribution in [0.15, 0.2) is 9.79 Å². The van der Waals surface area contributed by atoms with Gasteiger partial charge in [0.15, 0.2) is 0 Å². The molecular formula is C7H9NO2S2. The van der Waals surface area contributed by atoms with Crippen LogP contribution in [0.3, 0.4) is 0 Å². The first-order chi connectivity index (χ1) is 5.79. The van der Waals surface area contributed by atoms with E-state index in [4.69, 9.17) is 0 Å². The molecule has 0 spiro atoms. The van der Waals surface area contributed by atoms with Gasteiger partial charge in [0.05, 0.1) is 9.79 Å². The van der Waals surface area contributed by atoms with Gasteiger partial charge in [0.25, 0.3) is 0 Å². The fourth-order valence-electron chi connectivity index (χ4n) is 1.12.